The van der Waals surface area contributed by atoms with Gasteiger partial charge in [0.1, 0.15) is 5.82 Å². The van der Waals surface area contributed by atoms with Crippen LogP contribution in [0, 0.1) is 23.4 Å². The second-order valence-corrected chi connectivity index (χ2v) is 5.14. The standard InChI is InChI=1S/C14H11F3O5/c1-14(2)21-12(19)10(13(20)22-14)9(18)5-6-7(15)3-4-8(16)11(6)17/h3-4,10H,5H2,1-2H3. The molecule has 1 saturated heterocycles. The van der Waals surface area contributed by atoms with E-state index in [1.807, 2.05) is 0 Å². The fourth-order valence-electron chi connectivity index (χ4n) is 1.99. The van der Waals surface area contributed by atoms with Crippen molar-refractivity contribution >= 4 is 17.7 Å². The molecule has 1 fully saturated rings. The van der Waals surface area contributed by atoms with Gasteiger partial charge in [-0.1, -0.05) is 0 Å². The minimum Gasteiger partial charge on any atom is -0.422 e. The molecule has 1 aliphatic heterocycles. The quantitative estimate of drug-likeness (QED) is 0.482. The van der Waals surface area contributed by atoms with Gasteiger partial charge in [-0.15, -0.1) is 0 Å². The van der Waals surface area contributed by atoms with Crippen LogP contribution < -0.4 is 0 Å². The van der Waals surface area contributed by atoms with Crippen molar-refractivity contribution in [3.63, 3.8) is 0 Å². The number of cyclic esters (lactones) is 2. The van der Waals surface area contributed by atoms with Crippen molar-refractivity contribution < 1.29 is 37.0 Å². The maximum Gasteiger partial charge on any atom is 0.331 e. The van der Waals surface area contributed by atoms with Crippen molar-refractivity contribution in [2.24, 2.45) is 5.92 Å². The number of hydrogen-bond donors (Lipinski definition) is 0. The third-order valence-corrected chi connectivity index (χ3v) is 2.98. The molecule has 0 spiro atoms. The Morgan fingerprint density at radius 3 is 2.14 bits per heavy atom. The van der Waals surface area contributed by atoms with Crippen LogP contribution in [-0.4, -0.2) is 23.5 Å². The molecule has 0 radical (unpaired) electrons. The topological polar surface area (TPSA) is 69.7 Å². The van der Waals surface area contributed by atoms with Crippen molar-refractivity contribution in [2.45, 2.75) is 26.1 Å². The number of carbonyl (C=O) groups is 3. The number of carbonyl (C=O) groups excluding carboxylic acids is 3. The minimum atomic E-state index is -1.95. The Morgan fingerprint density at radius 1 is 1.09 bits per heavy atom. The number of ether oxygens (including phenoxy) is 2. The average molecular weight is 316 g/mol. The molecule has 0 amide bonds. The van der Waals surface area contributed by atoms with E-state index in [2.05, 4.69) is 0 Å². The van der Waals surface area contributed by atoms with E-state index in [1.54, 1.807) is 0 Å². The van der Waals surface area contributed by atoms with E-state index >= 15 is 0 Å². The summed E-state index contributed by atoms with van der Waals surface area (Å²) < 4.78 is 49.5. The van der Waals surface area contributed by atoms with Gasteiger partial charge >= 0.3 is 11.9 Å². The van der Waals surface area contributed by atoms with Gasteiger partial charge in [0.05, 0.1) is 0 Å². The number of ketones is 1. The van der Waals surface area contributed by atoms with Gasteiger partial charge in [0.2, 0.25) is 5.92 Å². The zero-order valence-electron chi connectivity index (χ0n) is 11.6. The predicted molar refractivity (Wildman–Crippen MR) is 64.8 cm³/mol. The molecule has 0 unspecified atom stereocenters. The molecule has 118 valence electrons. The molecular weight excluding hydrogens is 305 g/mol. The highest BCUT2D eigenvalue weighted by Gasteiger charge is 2.47. The second-order valence-electron chi connectivity index (χ2n) is 5.14. The van der Waals surface area contributed by atoms with Crippen LogP contribution >= 0.6 is 0 Å². The summed E-state index contributed by atoms with van der Waals surface area (Å²) in [6, 6.07) is 1.20. The first-order valence-electron chi connectivity index (χ1n) is 6.23. The Labute approximate surface area is 123 Å². The average Bonchev–Trinajstić information content (AvgIpc) is 2.37. The van der Waals surface area contributed by atoms with Crippen LogP contribution in [0.15, 0.2) is 12.1 Å². The van der Waals surface area contributed by atoms with E-state index in [4.69, 9.17) is 9.47 Å². The predicted octanol–water partition coefficient (Wildman–Crippen LogP) is 1.67. The summed E-state index contributed by atoms with van der Waals surface area (Å²) in [4.78, 5) is 35.3. The number of Topliss-reactive ketones (excluding diaryl/α,β-unsaturated/α-hetero) is 1. The Kier molecular flexibility index (Phi) is 3.95. The van der Waals surface area contributed by atoms with Crippen LogP contribution in [-0.2, 0) is 30.3 Å². The highest BCUT2D eigenvalue weighted by Crippen LogP contribution is 2.25. The number of hydrogen-bond acceptors (Lipinski definition) is 5. The van der Waals surface area contributed by atoms with Crippen molar-refractivity contribution in [1.29, 1.82) is 0 Å². The van der Waals surface area contributed by atoms with Crippen LogP contribution in [0.2, 0.25) is 0 Å². The third kappa shape index (κ3) is 2.95. The third-order valence-electron chi connectivity index (χ3n) is 2.98. The zero-order chi connectivity index (χ0) is 16.7. The van der Waals surface area contributed by atoms with Crippen molar-refractivity contribution in [3.8, 4) is 0 Å². The first-order valence-corrected chi connectivity index (χ1v) is 6.23. The van der Waals surface area contributed by atoms with E-state index in [1.165, 1.54) is 13.8 Å². The summed E-state index contributed by atoms with van der Waals surface area (Å²) in [5.41, 5.74) is -0.865. The van der Waals surface area contributed by atoms with Crippen LogP contribution in [0.4, 0.5) is 13.2 Å². The monoisotopic (exact) mass is 316 g/mol. The Balaban J connectivity index is 2.25. The SMILES string of the molecule is CC1(C)OC(=O)C(C(=O)Cc2c(F)ccc(F)c2F)C(=O)O1. The highest BCUT2D eigenvalue weighted by molar-refractivity contribution is 6.16. The molecule has 0 aliphatic carbocycles. The smallest absolute Gasteiger partial charge is 0.331 e. The van der Waals surface area contributed by atoms with Gasteiger partial charge < -0.3 is 9.47 Å². The van der Waals surface area contributed by atoms with Gasteiger partial charge in [-0.3, -0.25) is 14.4 Å². The lowest BCUT2D eigenvalue weighted by atomic mass is 9.96. The molecule has 1 aliphatic rings. The van der Waals surface area contributed by atoms with E-state index in [-0.39, 0.29) is 0 Å². The van der Waals surface area contributed by atoms with Crippen LogP contribution in [0.3, 0.4) is 0 Å². The Hall–Kier alpha value is -2.38. The van der Waals surface area contributed by atoms with Gasteiger partial charge in [0, 0.05) is 25.8 Å². The normalized spacial score (nSPS) is 17.9. The summed E-state index contributed by atoms with van der Waals surface area (Å²) >= 11 is 0. The highest BCUT2D eigenvalue weighted by atomic mass is 19.2. The maximum atomic E-state index is 13.5. The molecule has 0 atom stereocenters. The van der Waals surface area contributed by atoms with E-state index in [9.17, 15) is 27.6 Å². The van der Waals surface area contributed by atoms with Gasteiger partial charge in [-0.25, -0.2) is 13.2 Å². The van der Waals surface area contributed by atoms with Gasteiger partial charge in [0.25, 0.3) is 5.79 Å². The van der Waals surface area contributed by atoms with Gasteiger partial charge in [0.15, 0.2) is 17.4 Å². The number of esters is 2. The van der Waals surface area contributed by atoms with Crippen molar-refractivity contribution in [1.82, 2.24) is 0 Å². The largest absolute Gasteiger partial charge is 0.422 e. The number of halogens is 3. The summed E-state index contributed by atoms with van der Waals surface area (Å²) in [5.74, 6) is -11.0. The molecular formula is C14H11F3O5. The second kappa shape index (κ2) is 5.43. The van der Waals surface area contributed by atoms with Crippen LogP contribution in [0.1, 0.15) is 19.4 Å². The van der Waals surface area contributed by atoms with Crippen LogP contribution in [0.5, 0.6) is 0 Å². The fourth-order valence-corrected chi connectivity index (χ4v) is 1.99. The van der Waals surface area contributed by atoms with Crippen LogP contribution in [0.25, 0.3) is 0 Å². The molecule has 0 saturated carbocycles. The first-order chi connectivity index (χ1) is 10.1. The summed E-state index contributed by atoms with van der Waals surface area (Å²) in [5, 5.41) is 0. The number of benzene rings is 1. The maximum absolute atomic E-state index is 13.5. The molecule has 8 heteroatoms. The van der Waals surface area contributed by atoms with E-state index in [0.29, 0.717) is 12.1 Å². The summed E-state index contributed by atoms with van der Waals surface area (Å²) in [7, 11) is 0. The zero-order valence-corrected chi connectivity index (χ0v) is 11.6. The molecule has 5 nitrogen and oxygen atoms in total. The van der Waals surface area contributed by atoms with Crippen molar-refractivity contribution in [3.05, 3.63) is 35.1 Å². The Bertz CT molecular complexity index is 649. The fraction of sp³-hybridized carbons (Fsp3) is 0.357. The number of rotatable bonds is 3. The molecule has 0 N–H and O–H groups in total. The van der Waals surface area contributed by atoms with Gasteiger partial charge in [-0.2, -0.15) is 0 Å². The lowest BCUT2D eigenvalue weighted by Crippen LogP contribution is -2.49. The summed E-state index contributed by atoms with van der Waals surface area (Å²) in [6.45, 7) is 2.57. The molecule has 2 rings (SSSR count). The molecule has 1 aromatic rings. The molecule has 1 heterocycles. The molecule has 0 bridgehead atoms. The lowest BCUT2D eigenvalue weighted by molar-refractivity contribution is -0.238. The molecule has 0 aromatic heterocycles. The van der Waals surface area contributed by atoms with E-state index < -0.39 is 58.9 Å². The van der Waals surface area contributed by atoms with E-state index in [0.717, 1.165) is 0 Å². The lowest BCUT2D eigenvalue weighted by Gasteiger charge is -2.32. The van der Waals surface area contributed by atoms with Gasteiger partial charge in [-0.05, 0) is 12.1 Å². The van der Waals surface area contributed by atoms with Crippen molar-refractivity contribution in [2.75, 3.05) is 0 Å². The summed E-state index contributed by atoms with van der Waals surface area (Å²) in [6.07, 6.45) is -0.981. The molecule has 22 heavy (non-hydrogen) atoms. The Morgan fingerprint density at radius 2 is 1.59 bits per heavy atom. The molecule has 1 aromatic carbocycles. The first kappa shape index (κ1) is 16.0. The minimum absolute atomic E-state index is 0.560.